The Kier molecular flexibility index (Phi) is 7.15. The number of hydrogen-bond donors (Lipinski definition) is 1. The number of nitrogens with one attached hydrogen (secondary N) is 1. The van der Waals surface area contributed by atoms with Gasteiger partial charge in [-0.3, -0.25) is 4.79 Å². The van der Waals surface area contributed by atoms with Crippen molar-refractivity contribution < 1.29 is 9.53 Å². The highest BCUT2D eigenvalue weighted by Gasteiger charge is 2.30. The van der Waals surface area contributed by atoms with E-state index in [1.165, 1.54) is 5.56 Å². The summed E-state index contributed by atoms with van der Waals surface area (Å²) in [7, 11) is 0. The van der Waals surface area contributed by atoms with E-state index in [0.29, 0.717) is 18.5 Å². The van der Waals surface area contributed by atoms with Gasteiger partial charge < -0.3 is 10.1 Å². The summed E-state index contributed by atoms with van der Waals surface area (Å²) in [6.07, 6.45) is 0.521. The molecule has 0 spiro atoms. The average Bonchev–Trinajstić information content (AvgIpc) is 2.63. The highest BCUT2D eigenvalue weighted by Crippen LogP contribution is 2.20. The summed E-state index contributed by atoms with van der Waals surface area (Å²) in [5.74, 6) is -0.570. The smallest absolute Gasteiger partial charge is 0.311 e. The van der Waals surface area contributed by atoms with Crippen LogP contribution in [0.2, 0.25) is 0 Å². The number of ether oxygens (including phenoxy) is 1. The molecule has 4 nitrogen and oxygen atoms in total. The molecule has 0 amide bonds. The van der Waals surface area contributed by atoms with Crippen LogP contribution in [0, 0.1) is 17.2 Å². The minimum atomic E-state index is -0.539. The first-order valence-corrected chi connectivity index (χ1v) is 9.27. The van der Waals surface area contributed by atoms with Gasteiger partial charge in [-0.15, -0.1) is 0 Å². The van der Waals surface area contributed by atoms with Crippen LogP contribution in [0.15, 0.2) is 54.6 Å². The van der Waals surface area contributed by atoms with E-state index < -0.39 is 5.60 Å². The van der Waals surface area contributed by atoms with E-state index in [2.05, 4.69) is 23.5 Å². The van der Waals surface area contributed by atoms with Crippen molar-refractivity contribution in [1.82, 2.24) is 5.32 Å². The van der Waals surface area contributed by atoms with Crippen molar-refractivity contribution in [1.29, 1.82) is 5.26 Å². The molecule has 0 bridgehead atoms. The van der Waals surface area contributed by atoms with Crippen LogP contribution in [0.1, 0.15) is 44.4 Å². The van der Waals surface area contributed by atoms with E-state index >= 15 is 0 Å². The standard InChI is InChI=1S/C23H28N2O2/c1-17(25-16-18-9-6-5-7-10-18)21(22(26)27-23(2,3)4)14-19-11-8-12-20(13-19)15-24/h5-13,17,21,25H,14,16H2,1-4H3/t17-,21-/m1/s1. The molecular weight excluding hydrogens is 336 g/mol. The second-order valence-electron chi connectivity index (χ2n) is 7.81. The van der Waals surface area contributed by atoms with Crippen LogP contribution < -0.4 is 5.32 Å². The molecular formula is C23H28N2O2. The number of benzene rings is 2. The molecule has 142 valence electrons. The number of rotatable bonds is 7. The summed E-state index contributed by atoms with van der Waals surface area (Å²) in [5.41, 5.74) is 2.18. The van der Waals surface area contributed by atoms with Gasteiger partial charge in [0.25, 0.3) is 0 Å². The third-order valence-electron chi connectivity index (χ3n) is 4.30. The van der Waals surface area contributed by atoms with E-state index in [-0.39, 0.29) is 17.9 Å². The first-order valence-electron chi connectivity index (χ1n) is 9.27. The number of carbonyl (C=O) groups is 1. The normalized spacial score (nSPS) is 13.4. The van der Waals surface area contributed by atoms with Crippen LogP contribution in [0.25, 0.3) is 0 Å². The van der Waals surface area contributed by atoms with Gasteiger partial charge in [-0.2, -0.15) is 5.26 Å². The Morgan fingerprint density at radius 3 is 2.41 bits per heavy atom. The quantitative estimate of drug-likeness (QED) is 0.747. The van der Waals surface area contributed by atoms with Crippen LogP contribution in [0.4, 0.5) is 0 Å². The summed E-state index contributed by atoms with van der Waals surface area (Å²) in [5, 5.41) is 12.6. The maximum atomic E-state index is 12.8. The fraction of sp³-hybridized carbons (Fsp3) is 0.391. The molecule has 2 rings (SSSR count). The largest absolute Gasteiger partial charge is 0.460 e. The zero-order valence-electron chi connectivity index (χ0n) is 16.5. The van der Waals surface area contributed by atoms with E-state index in [4.69, 9.17) is 10.00 Å². The molecule has 2 atom stereocenters. The molecule has 2 aromatic rings. The molecule has 0 aliphatic carbocycles. The Hall–Kier alpha value is -2.64. The van der Waals surface area contributed by atoms with Crippen molar-refractivity contribution in [3.8, 4) is 6.07 Å². The number of nitriles is 1. The zero-order chi connectivity index (χ0) is 19.9. The molecule has 4 heteroatoms. The third-order valence-corrected chi connectivity index (χ3v) is 4.30. The summed E-state index contributed by atoms with van der Waals surface area (Å²) in [6, 6.07) is 19.6. The van der Waals surface area contributed by atoms with Crippen molar-refractivity contribution in [3.63, 3.8) is 0 Å². The Labute approximate surface area is 162 Å². The van der Waals surface area contributed by atoms with E-state index in [1.54, 1.807) is 6.07 Å². The molecule has 0 saturated heterocycles. The lowest BCUT2D eigenvalue weighted by Crippen LogP contribution is -2.41. The van der Waals surface area contributed by atoms with Crippen molar-refractivity contribution in [2.45, 2.75) is 52.3 Å². The molecule has 0 aliphatic rings. The van der Waals surface area contributed by atoms with Gasteiger partial charge in [0.2, 0.25) is 0 Å². The minimum Gasteiger partial charge on any atom is -0.460 e. The van der Waals surface area contributed by atoms with Gasteiger partial charge in [0.1, 0.15) is 5.60 Å². The van der Waals surface area contributed by atoms with Crippen LogP contribution in [-0.4, -0.2) is 17.6 Å². The molecule has 0 heterocycles. The molecule has 0 unspecified atom stereocenters. The number of carbonyl (C=O) groups excluding carboxylic acids is 1. The SMILES string of the molecule is C[C@@H](NCc1ccccc1)[C@@H](Cc1cccc(C#N)c1)C(=O)OC(C)(C)C. The predicted octanol–water partition coefficient (Wildman–Crippen LogP) is 4.24. The van der Waals surface area contributed by atoms with Crippen molar-refractivity contribution >= 4 is 5.97 Å². The Balaban J connectivity index is 2.14. The molecule has 27 heavy (non-hydrogen) atoms. The van der Waals surface area contributed by atoms with Gasteiger partial charge in [-0.25, -0.2) is 0 Å². The molecule has 0 fully saturated rings. The fourth-order valence-corrected chi connectivity index (χ4v) is 2.88. The van der Waals surface area contributed by atoms with Gasteiger partial charge in [-0.05, 0) is 57.4 Å². The van der Waals surface area contributed by atoms with Crippen molar-refractivity contribution in [3.05, 3.63) is 71.3 Å². The summed E-state index contributed by atoms with van der Waals surface area (Å²) in [4.78, 5) is 12.8. The van der Waals surface area contributed by atoms with Gasteiger partial charge in [-0.1, -0.05) is 42.5 Å². The first kappa shape index (κ1) is 20.7. The topological polar surface area (TPSA) is 62.1 Å². The molecule has 2 aromatic carbocycles. The van der Waals surface area contributed by atoms with E-state index in [1.807, 2.05) is 64.1 Å². The molecule has 0 aromatic heterocycles. The number of hydrogen-bond acceptors (Lipinski definition) is 4. The van der Waals surface area contributed by atoms with E-state index in [9.17, 15) is 4.79 Å². The van der Waals surface area contributed by atoms with Gasteiger partial charge >= 0.3 is 5.97 Å². The second kappa shape index (κ2) is 9.34. The van der Waals surface area contributed by atoms with Crippen molar-refractivity contribution in [2.24, 2.45) is 5.92 Å². The van der Waals surface area contributed by atoms with Gasteiger partial charge in [0.05, 0.1) is 17.6 Å². The molecule has 1 N–H and O–H groups in total. The van der Waals surface area contributed by atoms with Crippen LogP contribution >= 0.6 is 0 Å². The fourth-order valence-electron chi connectivity index (χ4n) is 2.88. The Morgan fingerprint density at radius 1 is 1.11 bits per heavy atom. The number of nitrogens with zero attached hydrogens (tertiary/aromatic N) is 1. The van der Waals surface area contributed by atoms with Crippen LogP contribution in [0.5, 0.6) is 0 Å². The lowest BCUT2D eigenvalue weighted by molar-refractivity contribution is -0.160. The van der Waals surface area contributed by atoms with Crippen LogP contribution in [0.3, 0.4) is 0 Å². The maximum Gasteiger partial charge on any atom is 0.311 e. The Morgan fingerprint density at radius 2 is 1.78 bits per heavy atom. The maximum absolute atomic E-state index is 12.8. The first-order chi connectivity index (χ1) is 12.8. The number of esters is 1. The average molecular weight is 364 g/mol. The monoisotopic (exact) mass is 364 g/mol. The third kappa shape index (κ3) is 6.88. The Bertz CT molecular complexity index is 788. The molecule has 0 aliphatic heterocycles. The minimum absolute atomic E-state index is 0.0780. The molecule has 0 radical (unpaired) electrons. The molecule has 0 saturated carbocycles. The predicted molar refractivity (Wildman–Crippen MR) is 107 cm³/mol. The summed E-state index contributed by atoms with van der Waals surface area (Å²) < 4.78 is 5.66. The summed E-state index contributed by atoms with van der Waals surface area (Å²) in [6.45, 7) is 8.31. The van der Waals surface area contributed by atoms with E-state index in [0.717, 1.165) is 5.56 Å². The summed E-state index contributed by atoms with van der Waals surface area (Å²) >= 11 is 0. The van der Waals surface area contributed by atoms with Gasteiger partial charge in [0, 0.05) is 12.6 Å². The lowest BCUT2D eigenvalue weighted by atomic mass is 9.92. The highest BCUT2D eigenvalue weighted by atomic mass is 16.6. The second-order valence-corrected chi connectivity index (χ2v) is 7.81. The zero-order valence-corrected chi connectivity index (χ0v) is 16.5. The highest BCUT2D eigenvalue weighted by molar-refractivity contribution is 5.74. The van der Waals surface area contributed by atoms with Crippen LogP contribution in [-0.2, 0) is 22.5 Å². The lowest BCUT2D eigenvalue weighted by Gasteiger charge is -2.28. The van der Waals surface area contributed by atoms with Crippen molar-refractivity contribution in [2.75, 3.05) is 0 Å². The van der Waals surface area contributed by atoms with Gasteiger partial charge in [0.15, 0.2) is 0 Å².